The molecule has 0 radical (unpaired) electrons. The van der Waals surface area contributed by atoms with Gasteiger partial charge in [0, 0.05) is 41.0 Å². The molecule has 0 spiro atoms. The van der Waals surface area contributed by atoms with Crippen LogP contribution in [0.2, 0.25) is 5.02 Å². The molecule has 2 aromatic carbocycles. The number of carbonyl (C=O) groups excluding carboxylic acids is 2. The minimum atomic E-state index is -0.400. The number of halogens is 1. The van der Waals surface area contributed by atoms with Gasteiger partial charge in [0.15, 0.2) is 11.5 Å². The fourth-order valence-electron chi connectivity index (χ4n) is 3.41. The van der Waals surface area contributed by atoms with Crippen molar-refractivity contribution in [1.29, 1.82) is 0 Å². The summed E-state index contributed by atoms with van der Waals surface area (Å²) in [5, 5.41) is 7.31. The van der Waals surface area contributed by atoms with Gasteiger partial charge in [-0.15, -0.1) is 0 Å². The molecule has 1 aliphatic rings. The summed E-state index contributed by atoms with van der Waals surface area (Å²) < 4.78 is 5.29. The maximum Gasteiger partial charge on any atom is 0.277 e. The van der Waals surface area contributed by atoms with Crippen LogP contribution in [0.15, 0.2) is 53.1 Å². The van der Waals surface area contributed by atoms with Gasteiger partial charge in [-0.25, -0.2) is 0 Å². The fourth-order valence-corrected chi connectivity index (χ4v) is 3.54. The van der Waals surface area contributed by atoms with E-state index >= 15 is 0 Å². The summed E-state index contributed by atoms with van der Waals surface area (Å²) in [5.41, 5.74) is 2.85. The monoisotopic (exact) mass is 409 g/mol. The van der Waals surface area contributed by atoms with Gasteiger partial charge in [0.1, 0.15) is 0 Å². The van der Waals surface area contributed by atoms with Gasteiger partial charge in [-0.05, 0) is 61.7 Å². The molecule has 1 saturated heterocycles. The molecule has 1 aromatic heterocycles. The Labute approximate surface area is 173 Å². The van der Waals surface area contributed by atoms with E-state index in [2.05, 4.69) is 10.5 Å². The SMILES string of the molecule is Cc1c(NC(=O)c2cc(-c3ccc(Cl)cc3)on2)cccc1C(=O)N1CCCC1. The van der Waals surface area contributed by atoms with Crippen molar-refractivity contribution < 1.29 is 14.1 Å². The van der Waals surface area contributed by atoms with Crippen LogP contribution in [0.25, 0.3) is 11.3 Å². The van der Waals surface area contributed by atoms with Crippen LogP contribution < -0.4 is 5.32 Å². The van der Waals surface area contributed by atoms with Gasteiger partial charge in [-0.3, -0.25) is 9.59 Å². The highest BCUT2D eigenvalue weighted by Crippen LogP contribution is 2.25. The van der Waals surface area contributed by atoms with Crippen molar-refractivity contribution in [3.05, 3.63) is 70.4 Å². The third kappa shape index (κ3) is 4.03. The number of carbonyl (C=O) groups is 2. The highest BCUT2D eigenvalue weighted by Gasteiger charge is 2.22. The molecule has 0 atom stereocenters. The second-order valence-electron chi connectivity index (χ2n) is 7.01. The molecule has 0 aliphatic carbocycles. The summed E-state index contributed by atoms with van der Waals surface area (Å²) in [6.07, 6.45) is 2.06. The zero-order valence-corrected chi connectivity index (χ0v) is 16.7. The van der Waals surface area contributed by atoms with Crippen LogP contribution in [-0.2, 0) is 0 Å². The summed E-state index contributed by atoms with van der Waals surface area (Å²) in [6, 6.07) is 14.0. The second-order valence-corrected chi connectivity index (χ2v) is 7.45. The van der Waals surface area contributed by atoms with Crippen LogP contribution in [0.3, 0.4) is 0 Å². The van der Waals surface area contributed by atoms with E-state index in [4.69, 9.17) is 16.1 Å². The highest BCUT2D eigenvalue weighted by molar-refractivity contribution is 6.30. The van der Waals surface area contributed by atoms with E-state index in [1.165, 1.54) is 0 Å². The molecular formula is C22H20ClN3O3. The van der Waals surface area contributed by atoms with Gasteiger partial charge in [0.25, 0.3) is 11.8 Å². The van der Waals surface area contributed by atoms with Gasteiger partial charge in [-0.2, -0.15) is 0 Å². The Morgan fingerprint density at radius 3 is 2.55 bits per heavy atom. The molecule has 3 aromatic rings. The first-order chi connectivity index (χ1) is 14.0. The molecule has 2 amide bonds. The number of rotatable bonds is 4. The Morgan fingerprint density at radius 1 is 1.10 bits per heavy atom. The van der Waals surface area contributed by atoms with Gasteiger partial charge in [0.05, 0.1) is 0 Å². The fraction of sp³-hybridized carbons (Fsp3) is 0.227. The molecule has 29 heavy (non-hydrogen) atoms. The Balaban J connectivity index is 1.52. The smallest absolute Gasteiger partial charge is 0.277 e. The Hall–Kier alpha value is -3.12. The predicted octanol–water partition coefficient (Wildman–Crippen LogP) is 4.79. The maximum absolute atomic E-state index is 12.7. The molecule has 0 saturated carbocycles. The average Bonchev–Trinajstić information content (AvgIpc) is 3.42. The molecule has 0 unspecified atom stereocenters. The van der Waals surface area contributed by atoms with Crippen molar-refractivity contribution in [2.24, 2.45) is 0 Å². The molecule has 148 valence electrons. The van der Waals surface area contributed by atoms with Gasteiger partial charge < -0.3 is 14.7 Å². The normalized spacial score (nSPS) is 13.5. The number of nitrogens with one attached hydrogen (secondary N) is 1. The third-order valence-electron chi connectivity index (χ3n) is 5.08. The van der Waals surface area contributed by atoms with Crippen molar-refractivity contribution in [1.82, 2.24) is 10.1 Å². The first-order valence-corrected chi connectivity index (χ1v) is 9.83. The summed E-state index contributed by atoms with van der Waals surface area (Å²) in [7, 11) is 0. The summed E-state index contributed by atoms with van der Waals surface area (Å²) in [5.74, 6) is 0.0758. The number of benzene rings is 2. The molecule has 0 bridgehead atoms. The number of hydrogen-bond donors (Lipinski definition) is 1. The largest absolute Gasteiger partial charge is 0.355 e. The number of nitrogens with zero attached hydrogens (tertiary/aromatic N) is 2. The molecule has 2 heterocycles. The average molecular weight is 410 g/mol. The molecular weight excluding hydrogens is 390 g/mol. The van der Waals surface area contributed by atoms with Gasteiger partial charge >= 0.3 is 0 Å². The van der Waals surface area contributed by atoms with E-state index in [1.807, 2.05) is 11.8 Å². The molecule has 1 fully saturated rings. The van der Waals surface area contributed by atoms with E-state index in [-0.39, 0.29) is 11.6 Å². The number of amides is 2. The minimum absolute atomic E-state index is 0.00237. The molecule has 6 nitrogen and oxygen atoms in total. The maximum atomic E-state index is 12.7. The first kappa shape index (κ1) is 19.2. The van der Waals surface area contributed by atoms with E-state index in [0.29, 0.717) is 22.0 Å². The summed E-state index contributed by atoms with van der Waals surface area (Å²) in [6.45, 7) is 3.39. The topological polar surface area (TPSA) is 75.4 Å². The lowest BCUT2D eigenvalue weighted by atomic mass is 10.1. The number of aromatic nitrogens is 1. The van der Waals surface area contributed by atoms with Crippen molar-refractivity contribution in [3.8, 4) is 11.3 Å². The Morgan fingerprint density at radius 2 is 1.83 bits per heavy atom. The van der Waals surface area contributed by atoms with Crippen LogP contribution in [-0.4, -0.2) is 35.0 Å². The third-order valence-corrected chi connectivity index (χ3v) is 5.33. The lowest BCUT2D eigenvalue weighted by Gasteiger charge is -2.18. The summed E-state index contributed by atoms with van der Waals surface area (Å²) in [4.78, 5) is 27.2. The second kappa shape index (κ2) is 8.09. The highest BCUT2D eigenvalue weighted by atomic mass is 35.5. The van der Waals surface area contributed by atoms with Crippen molar-refractivity contribution in [2.75, 3.05) is 18.4 Å². The van der Waals surface area contributed by atoms with E-state index in [0.717, 1.165) is 37.1 Å². The number of anilines is 1. The van der Waals surface area contributed by atoms with Gasteiger partial charge in [-0.1, -0.05) is 22.8 Å². The standard InChI is InChI=1S/C22H20ClN3O3/c1-14-17(22(28)26-11-2-3-12-26)5-4-6-18(14)24-21(27)19-13-20(29-25-19)15-7-9-16(23)10-8-15/h4-10,13H,2-3,11-12H2,1H3,(H,24,27). The van der Waals surface area contributed by atoms with Crippen molar-refractivity contribution >= 4 is 29.1 Å². The first-order valence-electron chi connectivity index (χ1n) is 9.46. The van der Waals surface area contributed by atoms with Crippen LogP contribution in [0.5, 0.6) is 0 Å². The van der Waals surface area contributed by atoms with Crippen LogP contribution in [0, 0.1) is 6.92 Å². The van der Waals surface area contributed by atoms with Crippen LogP contribution >= 0.6 is 11.6 Å². The van der Waals surface area contributed by atoms with Crippen molar-refractivity contribution in [3.63, 3.8) is 0 Å². The molecule has 1 aliphatic heterocycles. The van der Waals surface area contributed by atoms with E-state index in [9.17, 15) is 9.59 Å². The van der Waals surface area contributed by atoms with E-state index < -0.39 is 5.91 Å². The number of likely N-dealkylation sites (tertiary alicyclic amines) is 1. The molecule has 1 N–H and O–H groups in total. The zero-order valence-electron chi connectivity index (χ0n) is 15.9. The van der Waals surface area contributed by atoms with E-state index in [1.54, 1.807) is 48.5 Å². The lowest BCUT2D eigenvalue weighted by molar-refractivity contribution is 0.0791. The molecule has 7 heteroatoms. The number of hydrogen-bond acceptors (Lipinski definition) is 4. The van der Waals surface area contributed by atoms with Crippen LogP contribution in [0.4, 0.5) is 5.69 Å². The Bertz CT molecular complexity index is 1050. The lowest BCUT2D eigenvalue weighted by Crippen LogP contribution is -2.28. The minimum Gasteiger partial charge on any atom is -0.355 e. The summed E-state index contributed by atoms with van der Waals surface area (Å²) >= 11 is 5.90. The molecule has 4 rings (SSSR count). The zero-order chi connectivity index (χ0) is 20.4. The predicted molar refractivity (Wildman–Crippen MR) is 111 cm³/mol. The quantitative estimate of drug-likeness (QED) is 0.672. The Kier molecular flexibility index (Phi) is 5.36. The van der Waals surface area contributed by atoms with Crippen LogP contribution in [0.1, 0.15) is 39.3 Å². The van der Waals surface area contributed by atoms with Gasteiger partial charge in [0.2, 0.25) is 0 Å². The van der Waals surface area contributed by atoms with Crippen molar-refractivity contribution in [2.45, 2.75) is 19.8 Å².